The summed E-state index contributed by atoms with van der Waals surface area (Å²) >= 11 is 4.08. The van der Waals surface area contributed by atoms with E-state index < -0.39 is 0 Å². The minimum Gasteiger partial charge on any atom is -0.508 e. The van der Waals surface area contributed by atoms with Gasteiger partial charge in [-0.05, 0) is 64.6 Å². The van der Waals surface area contributed by atoms with Gasteiger partial charge in [-0.1, -0.05) is 12.1 Å². The molecular formula is C13H11IOS. The third-order valence-corrected chi connectivity index (χ3v) is 3.96. The Morgan fingerprint density at radius 3 is 2.19 bits per heavy atom. The average molecular weight is 342 g/mol. The molecule has 0 amide bonds. The first kappa shape index (κ1) is 11.8. The molecule has 1 nitrogen and oxygen atoms in total. The summed E-state index contributed by atoms with van der Waals surface area (Å²) in [5, 5.41) is 9.16. The summed E-state index contributed by atoms with van der Waals surface area (Å²) in [6.07, 6.45) is 0. The molecule has 0 aliphatic rings. The maximum Gasteiger partial charge on any atom is 0.115 e. The quantitative estimate of drug-likeness (QED) is 0.663. The molecule has 0 radical (unpaired) electrons. The zero-order valence-electron chi connectivity index (χ0n) is 8.56. The number of halogens is 1. The fourth-order valence-corrected chi connectivity index (χ4v) is 2.50. The van der Waals surface area contributed by atoms with Gasteiger partial charge in [0.15, 0.2) is 0 Å². The predicted molar refractivity (Wildman–Crippen MR) is 76.8 cm³/mol. The van der Waals surface area contributed by atoms with Crippen molar-refractivity contribution in [1.29, 1.82) is 0 Å². The summed E-state index contributed by atoms with van der Waals surface area (Å²) in [7, 11) is 0. The summed E-state index contributed by atoms with van der Waals surface area (Å²) in [4.78, 5) is 1.18. The zero-order chi connectivity index (χ0) is 11.4. The molecule has 0 unspecified atom stereocenters. The van der Waals surface area contributed by atoms with Crippen molar-refractivity contribution in [2.45, 2.75) is 10.6 Å². The van der Waals surface area contributed by atoms with Crippen molar-refractivity contribution in [3.63, 3.8) is 0 Å². The van der Waals surface area contributed by atoms with E-state index in [4.69, 9.17) is 5.11 Å². The number of rotatable bonds is 3. The Kier molecular flexibility index (Phi) is 4.12. The Morgan fingerprint density at radius 2 is 1.56 bits per heavy atom. The lowest BCUT2D eigenvalue weighted by Crippen LogP contribution is -1.80. The van der Waals surface area contributed by atoms with E-state index in [2.05, 4.69) is 46.9 Å². The molecule has 2 aromatic rings. The lowest BCUT2D eigenvalue weighted by molar-refractivity contribution is 0.475. The lowest BCUT2D eigenvalue weighted by atomic mass is 10.2. The van der Waals surface area contributed by atoms with Crippen LogP contribution in [0.3, 0.4) is 0 Å². The molecule has 2 rings (SSSR count). The molecule has 2 aromatic carbocycles. The van der Waals surface area contributed by atoms with E-state index in [1.165, 1.54) is 14.0 Å². The van der Waals surface area contributed by atoms with Crippen LogP contribution in [0, 0.1) is 3.57 Å². The number of hydrogen-bond donors (Lipinski definition) is 1. The molecule has 82 valence electrons. The first-order chi connectivity index (χ1) is 7.74. The van der Waals surface area contributed by atoms with Gasteiger partial charge < -0.3 is 5.11 Å². The van der Waals surface area contributed by atoms with Gasteiger partial charge in [-0.15, -0.1) is 11.8 Å². The first-order valence-electron chi connectivity index (χ1n) is 4.90. The maximum absolute atomic E-state index is 9.16. The molecule has 1 N–H and O–H groups in total. The molecule has 0 aromatic heterocycles. The average Bonchev–Trinajstić information content (AvgIpc) is 2.30. The van der Waals surface area contributed by atoms with Crippen LogP contribution in [0.1, 0.15) is 5.56 Å². The minimum absolute atomic E-state index is 0.318. The molecule has 0 spiro atoms. The zero-order valence-corrected chi connectivity index (χ0v) is 11.5. The fourth-order valence-electron chi connectivity index (χ4n) is 1.29. The van der Waals surface area contributed by atoms with E-state index in [1.54, 1.807) is 23.9 Å². The molecule has 0 saturated carbocycles. The normalized spacial score (nSPS) is 10.3. The highest BCUT2D eigenvalue weighted by atomic mass is 127. The van der Waals surface area contributed by atoms with E-state index in [-0.39, 0.29) is 0 Å². The third kappa shape index (κ3) is 3.42. The Bertz CT molecular complexity index is 405. The van der Waals surface area contributed by atoms with E-state index in [0.29, 0.717) is 5.75 Å². The highest BCUT2D eigenvalue weighted by Crippen LogP contribution is 2.24. The van der Waals surface area contributed by atoms with Crippen LogP contribution in [-0.4, -0.2) is 5.11 Å². The van der Waals surface area contributed by atoms with Crippen LogP contribution in [0.25, 0.3) is 0 Å². The molecule has 3 heteroatoms. The van der Waals surface area contributed by atoms with Gasteiger partial charge >= 0.3 is 0 Å². The molecular weight excluding hydrogens is 331 g/mol. The molecule has 0 aliphatic carbocycles. The van der Waals surface area contributed by atoms with Gasteiger partial charge in [-0.3, -0.25) is 0 Å². The minimum atomic E-state index is 0.318. The van der Waals surface area contributed by atoms with Gasteiger partial charge in [0.1, 0.15) is 5.75 Å². The highest BCUT2D eigenvalue weighted by molar-refractivity contribution is 14.1. The summed E-state index contributed by atoms with van der Waals surface area (Å²) in [5.74, 6) is 1.28. The van der Waals surface area contributed by atoms with Gasteiger partial charge in [0, 0.05) is 14.2 Å². The molecule has 0 bridgehead atoms. The van der Waals surface area contributed by atoms with Crippen molar-refractivity contribution < 1.29 is 5.11 Å². The number of hydrogen-bond acceptors (Lipinski definition) is 2. The van der Waals surface area contributed by atoms with Crippen LogP contribution < -0.4 is 0 Å². The maximum atomic E-state index is 9.16. The van der Waals surface area contributed by atoms with Crippen molar-refractivity contribution in [2.24, 2.45) is 0 Å². The monoisotopic (exact) mass is 342 g/mol. The number of benzene rings is 2. The highest BCUT2D eigenvalue weighted by Gasteiger charge is 1.96. The largest absolute Gasteiger partial charge is 0.508 e. The van der Waals surface area contributed by atoms with Gasteiger partial charge in [-0.25, -0.2) is 0 Å². The smallest absolute Gasteiger partial charge is 0.115 e. The second kappa shape index (κ2) is 5.59. The Morgan fingerprint density at radius 1 is 0.938 bits per heavy atom. The lowest BCUT2D eigenvalue weighted by Gasteiger charge is -2.02. The third-order valence-electron chi connectivity index (χ3n) is 2.16. The van der Waals surface area contributed by atoms with Crippen LogP contribution in [0.2, 0.25) is 0 Å². The second-order valence-electron chi connectivity index (χ2n) is 3.41. The topological polar surface area (TPSA) is 20.2 Å². The standard InChI is InChI=1S/C13H11IOS/c14-11-3-1-10(2-4-11)9-16-13-7-5-12(15)6-8-13/h1-8,15H,9H2. The van der Waals surface area contributed by atoms with Gasteiger partial charge in [-0.2, -0.15) is 0 Å². The molecule has 0 fully saturated rings. The Balaban J connectivity index is 1.97. The van der Waals surface area contributed by atoms with Crippen molar-refractivity contribution >= 4 is 34.4 Å². The molecule has 0 heterocycles. The van der Waals surface area contributed by atoms with Crippen LogP contribution in [-0.2, 0) is 5.75 Å². The summed E-state index contributed by atoms with van der Waals surface area (Å²) in [6, 6.07) is 15.8. The van der Waals surface area contributed by atoms with E-state index in [1.807, 2.05) is 12.1 Å². The van der Waals surface area contributed by atoms with E-state index >= 15 is 0 Å². The van der Waals surface area contributed by atoms with Crippen LogP contribution in [0.15, 0.2) is 53.4 Å². The molecule has 0 atom stereocenters. The number of thioether (sulfide) groups is 1. The number of phenols is 1. The molecule has 16 heavy (non-hydrogen) atoms. The van der Waals surface area contributed by atoms with Crippen LogP contribution in [0.4, 0.5) is 0 Å². The Hall–Kier alpha value is -0.680. The summed E-state index contributed by atoms with van der Waals surface area (Å²) < 4.78 is 1.26. The SMILES string of the molecule is Oc1ccc(SCc2ccc(I)cc2)cc1. The van der Waals surface area contributed by atoms with Crippen LogP contribution in [0.5, 0.6) is 5.75 Å². The number of phenolic OH excluding ortho intramolecular Hbond substituents is 1. The fraction of sp³-hybridized carbons (Fsp3) is 0.0769. The van der Waals surface area contributed by atoms with Crippen molar-refractivity contribution in [2.75, 3.05) is 0 Å². The van der Waals surface area contributed by atoms with E-state index in [9.17, 15) is 0 Å². The number of aromatic hydroxyl groups is 1. The first-order valence-corrected chi connectivity index (χ1v) is 6.97. The molecule has 0 aliphatic heterocycles. The molecule has 0 saturated heterocycles. The predicted octanol–water partition coefficient (Wildman–Crippen LogP) is 4.29. The Labute approximate surface area is 113 Å². The summed E-state index contributed by atoms with van der Waals surface area (Å²) in [6.45, 7) is 0. The van der Waals surface area contributed by atoms with Crippen molar-refractivity contribution in [3.05, 3.63) is 57.7 Å². The summed E-state index contributed by atoms with van der Waals surface area (Å²) in [5.41, 5.74) is 1.32. The van der Waals surface area contributed by atoms with Gasteiger partial charge in [0.05, 0.1) is 0 Å². The van der Waals surface area contributed by atoms with Crippen molar-refractivity contribution in [1.82, 2.24) is 0 Å². The van der Waals surface area contributed by atoms with Crippen molar-refractivity contribution in [3.8, 4) is 5.75 Å². The van der Waals surface area contributed by atoms with Crippen LogP contribution >= 0.6 is 34.4 Å². The van der Waals surface area contributed by atoms with Gasteiger partial charge in [0.25, 0.3) is 0 Å². The van der Waals surface area contributed by atoms with Gasteiger partial charge in [0.2, 0.25) is 0 Å². The van der Waals surface area contributed by atoms with E-state index in [0.717, 1.165) is 5.75 Å². The second-order valence-corrected chi connectivity index (χ2v) is 5.70.